The van der Waals surface area contributed by atoms with Crippen LogP contribution in [0.1, 0.15) is 52.9 Å². The molecule has 0 aromatic rings. The van der Waals surface area contributed by atoms with Crippen molar-refractivity contribution < 1.29 is 0 Å². The van der Waals surface area contributed by atoms with E-state index in [1.807, 2.05) is 0 Å². The van der Waals surface area contributed by atoms with Gasteiger partial charge in [0.05, 0.1) is 0 Å². The van der Waals surface area contributed by atoms with Gasteiger partial charge in [0.2, 0.25) is 0 Å². The summed E-state index contributed by atoms with van der Waals surface area (Å²) in [4.78, 5) is 0. The third-order valence-corrected chi connectivity index (χ3v) is 3.93. The van der Waals surface area contributed by atoms with E-state index in [-0.39, 0.29) is 0 Å². The Morgan fingerprint density at radius 3 is 2.64 bits per heavy atom. The minimum absolute atomic E-state index is 0.530. The first-order valence-corrected chi connectivity index (χ1v) is 6.15. The zero-order valence-electron chi connectivity index (χ0n) is 9.92. The molecule has 1 rings (SSSR count). The lowest BCUT2D eigenvalue weighted by molar-refractivity contribution is 0.181. The fraction of sp³-hybridized carbons (Fsp3) is 1.00. The molecule has 0 spiro atoms. The number of nitrogens with one attached hydrogen (secondary N) is 1. The van der Waals surface area contributed by atoms with E-state index in [1.165, 1.54) is 32.1 Å². The number of hydrogen-bond acceptors (Lipinski definition) is 2. The van der Waals surface area contributed by atoms with Crippen molar-refractivity contribution in [3.8, 4) is 0 Å². The normalized spacial score (nSPS) is 32.6. The van der Waals surface area contributed by atoms with Crippen LogP contribution in [0.15, 0.2) is 0 Å². The van der Waals surface area contributed by atoms with Crippen LogP contribution in [0.5, 0.6) is 0 Å². The number of hydrogen-bond donors (Lipinski definition) is 2. The second-order valence-corrected chi connectivity index (χ2v) is 5.11. The number of nitrogens with two attached hydrogens (primary N) is 1. The van der Waals surface area contributed by atoms with E-state index in [1.54, 1.807) is 0 Å². The molecule has 2 nitrogen and oxygen atoms in total. The second-order valence-electron chi connectivity index (χ2n) is 5.11. The van der Waals surface area contributed by atoms with Gasteiger partial charge in [-0.05, 0) is 30.6 Å². The molecule has 4 unspecified atom stereocenters. The third kappa shape index (κ3) is 2.96. The van der Waals surface area contributed by atoms with Gasteiger partial charge in [-0.25, -0.2) is 0 Å². The Morgan fingerprint density at radius 2 is 2.14 bits per heavy atom. The molecule has 1 aliphatic rings. The average molecular weight is 198 g/mol. The van der Waals surface area contributed by atoms with Gasteiger partial charge in [-0.3, -0.25) is 11.3 Å². The Kier molecular flexibility index (Phi) is 4.90. The summed E-state index contributed by atoms with van der Waals surface area (Å²) in [7, 11) is 0. The highest BCUT2D eigenvalue weighted by atomic mass is 15.2. The van der Waals surface area contributed by atoms with Crippen LogP contribution in [-0.4, -0.2) is 6.04 Å². The Labute approximate surface area is 88.6 Å². The maximum absolute atomic E-state index is 5.68. The summed E-state index contributed by atoms with van der Waals surface area (Å²) >= 11 is 0. The van der Waals surface area contributed by atoms with Crippen LogP contribution in [0.25, 0.3) is 0 Å². The molecule has 14 heavy (non-hydrogen) atoms. The summed E-state index contributed by atoms with van der Waals surface area (Å²) in [6.07, 6.45) is 6.75. The summed E-state index contributed by atoms with van der Waals surface area (Å²) in [6.45, 7) is 6.93. The lowest BCUT2D eigenvalue weighted by atomic mass is 9.75. The quantitative estimate of drug-likeness (QED) is 0.538. The van der Waals surface area contributed by atoms with Crippen LogP contribution in [0.4, 0.5) is 0 Å². The zero-order valence-corrected chi connectivity index (χ0v) is 9.92. The van der Waals surface area contributed by atoms with Gasteiger partial charge in [0.15, 0.2) is 0 Å². The first-order valence-electron chi connectivity index (χ1n) is 6.15. The van der Waals surface area contributed by atoms with Gasteiger partial charge in [0.1, 0.15) is 0 Å². The van der Waals surface area contributed by atoms with Crippen LogP contribution in [-0.2, 0) is 0 Å². The molecule has 1 saturated carbocycles. The molecule has 1 aliphatic carbocycles. The van der Waals surface area contributed by atoms with E-state index in [2.05, 4.69) is 26.2 Å². The van der Waals surface area contributed by atoms with Crippen molar-refractivity contribution in [3.63, 3.8) is 0 Å². The van der Waals surface area contributed by atoms with Crippen LogP contribution in [0.2, 0.25) is 0 Å². The van der Waals surface area contributed by atoms with Crippen LogP contribution >= 0.6 is 0 Å². The summed E-state index contributed by atoms with van der Waals surface area (Å²) in [5, 5.41) is 0. The topological polar surface area (TPSA) is 38.0 Å². The number of hydrazine groups is 1. The summed E-state index contributed by atoms with van der Waals surface area (Å²) in [5.74, 6) is 8.08. The first kappa shape index (κ1) is 12.0. The Balaban J connectivity index is 2.50. The van der Waals surface area contributed by atoms with Gasteiger partial charge < -0.3 is 0 Å². The van der Waals surface area contributed by atoms with Gasteiger partial charge >= 0.3 is 0 Å². The summed E-state index contributed by atoms with van der Waals surface area (Å²) in [5.41, 5.74) is 3.04. The fourth-order valence-electron chi connectivity index (χ4n) is 2.83. The minimum Gasteiger partial charge on any atom is -0.271 e. The van der Waals surface area contributed by atoms with Crippen molar-refractivity contribution in [2.24, 2.45) is 23.6 Å². The third-order valence-electron chi connectivity index (χ3n) is 3.93. The van der Waals surface area contributed by atoms with E-state index in [4.69, 9.17) is 5.84 Å². The summed E-state index contributed by atoms with van der Waals surface area (Å²) in [6, 6.07) is 0.530. The molecule has 0 aliphatic heterocycles. The molecule has 84 valence electrons. The first-order chi connectivity index (χ1) is 6.69. The zero-order chi connectivity index (χ0) is 10.6. The Bertz CT molecular complexity index is 158. The van der Waals surface area contributed by atoms with E-state index in [0.29, 0.717) is 12.0 Å². The van der Waals surface area contributed by atoms with Gasteiger partial charge in [-0.2, -0.15) is 0 Å². The van der Waals surface area contributed by atoms with Crippen molar-refractivity contribution >= 4 is 0 Å². The number of rotatable bonds is 4. The minimum atomic E-state index is 0.530. The van der Waals surface area contributed by atoms with Crippen LogP contribution in [0, 0.1) is 17.8 Å². The van der Waals surface area contributed by atoms with E-state index < -0.39 is 0 Å². The van der Waals surface area contributed by atoms with Crippen molar-refractivity contribution in [3.05, 3.63) is 0 Å². The monoisotopic (exact) mass is 198 g/mol. The van der Waals surface area contributed by atoms with Gasteiger partial charge in [0, 0.05) is 6.04 Å². The predicted molar refractivity (Wildman–Crippen MR) is 61.7 cm³/mol. The predicted octanol–water partition coefficient (Wildman–Crippen LogP) is 2.69. The largest absolute Gasteiger partial charge is 0.271 e. The van der Waals surface area contributed by atoms with Gasteiger partial charge in [-0.1, -0.05) is 40.0 Å². The SMILES string of the molecule is CCC(C)C(NN)C1CCCC(C)C1. The van der Waals surface area contributed by atoms with Crippen molar-refractivity contribution in [2.45, 2.75) is 58.9 Å². The Hall–Kier alpha value is -0.0800. The average Bonchev–Trinajstić information content (AvgIpc) is 2.19. The maximum atomic E-state index is 5.68. The van der Waals surface area contributed by atoms with Crippen molar-refractivity contribution in [1.29, 1.82) is 0 Å². The lowest BCUT2D eigenvalue weighted by Crippen LogP contribution is -2.46. The van der Waals surface area contributed by atoms with E-state index in [9.17, 15) is 0 Å². The highest BCUT2D eigenvalue weighted by Crippen LogP contribution is 2.33. The van der Waals surface area contributed by atoms with Crippen LogP contribution < -0.4 is 11.3 Å². The van der Waals surface area contributed by atoms with Crippen molar-refractivity contribution in [2.75, 3.05) is 0 Å². The van der Waals surface area contributed by atoms with Crippen LogP contribution in [0.3, 0.4) is 0 Å². The molecule has 2 heteroatoms. The molecule has 0 amide bonds. The van der Waals surface area contributed by atoms with E-state index in [0.717, 1.165) is 11.8 Å². The molecule has 4 atom stereocenters. The van der Waals surface area contributed by atoms with E-state index >= 15 is 0 Å². The lowest BCUT2D eigenvalue weighted by Gasteiger charge is -2.35. The summed E-state index contributed by atoms with van der Waals surface area (Å²) < 4.78 is 0. The molecule has 0 bridgehead atoms. The van der Waals surface area contributed by atoms with Crippen molar-refractivity contribution in [1.82, 2.24) is 5.43 Å². The molecule has 3 N–H and O–H groups in total. The standard InChI is InChI=1S/C12H26N2/c1-4-10(3)12(14-13)11-7-5-6-9(2)8-11/h9-12,14H,4-8,13H2,1-3H3. The molecule has 1 fully saturated rings. The highest BCUT2D eigenvalue weighted by Gasteiger charge is 2.28. The Morgan fingerprint density at radius 1 is 1.43 bits per heavy atom. The van der Waals surface area contributed by atoms with Gasteiger partial charge in [0.25, 0.3) is 0 Å². The molecule has 0 radical (unpaired) electrons. The molecule has 0 saturated heterocycles. The molecule has 0 aromatic carbocycles. The smallest absolute Gasteiger partial charge is 0.0264 e. The maximum Gasteiger partial charge on any atom is 0.0264 e. The molecular formula is C12H26N2. The molecule has 0 aromatic heterocycles. The molecule has 0 heterocycles. The fourth-order valence-corrected chi connectivity index (χ4v) is 2.83. The second kappa shape index (κ2) is 5.72. The molecular weight excluding hydrogens is 172 g/mol. The van der Waals surface area contributed by atoms with Gasteiger partial charge in [-0.15, -0.1) is 0 Å². The highest BCUT2D eigenvalue weighted by molar-refractivity contribution is 4.83.